The molecule has 0 saturated carbocycles. The monoisotopic (exact) mass is 322 g/mol. The van der Waals surface area contributed by atoms with Gasteiger partial charge in [0.25, 0.3) is 5.91 Å². The molecule has 1 unspecified atom stereocenters. The maximum absolute atomic E-state index is 12.8. The summed E-state index contributed by atoms with van der Waals surface area (Å²) >= 11 is 0. The van der Waals surface area contributed by atoms with Crippen LogP contribution in [-0.2, 0) is 6.54 Å². The van der Waals surface area contributed by atoms with Gasteiger partial charge >= 0.3 is 0 Å². The first-order chi connectivity index (χ1) is 11.8. The summed E-state index contributed by atoms with van der Waals surface area (Å²) in [6.45, 7) is 1.47. The Morgan fingerprint density at radius 1 is 1.21 bits per heavy atom. The Hall–Kier alpha value is -2.96. The van der Waals surface area contributed by atoms with Crippen LogP contribution in [0.3, 0.4) is 0 Å². The highest BCUT2D eigenvalue weighted by Gasteiger charge is 2.31. The van der Waals surface area contributed by atoms with Gasteiger partial charge in [0.1, 0.15) is 0 Å². The van der Waals surface area contributed by atoms with E-state index in [1.165, 1.54) is 0 Å². The molecule has 0 bridgehead atoms. The van der Waals surface area contributed by atoms with Crippen molar-refractivity contribution in [1.29, 1.82) is 0 Å². The summed E-state index contributed by atoms with van der Waals surface area (Å²) in [4.78, 5) is 14.7. The molecule has 1 atom stereocenters. The normalized spacial score (nSPS) is 17.3. The fourth-order valence-corrected chi connectivity index (χ4v) is 3.13. The minimum absolute atomic E-state index is 0.0631. The minimum Gasteiger partial charge on any atom is -0.332 e. The summed E-state index contributed by atoms with van der Waals surface area (Å²) in [5.74, 6) is -0.0631. The Bertz CT molecular complexity index is 811. The SMILES string of the molecule is O=C(c1cn(-c2ccccc2)nn1)N1CCCC1Cn1cccn1. The van der Waals surface area contributed by atoms with Crippen LogP contribution >= 0.6 is 0 Å². The van der Waals surface area contributed by atoms with Gasteiger partial charge < -0.3 is 4.90 Å². The molecule has 122 valence electrons. The first-order valence-corrected chi connectivity index (χ1v) is 8.07. The van der Waals surface area contributed by atoms with Gasteiger partial charge in [-0.3, -0.25) is 9.48 Å². The molecule has 1 amide bonds. The highest BCUT2D eigenvalue weighted by atomic mass is 16.2. The van der Waals surface area contributed by atoms with Crippen molar-refractivity contribution < 1.29 is 4.79 Å². The molecule has 1 aromatic carbocycles. The van der Waals surface area contributed by atoms with Crippen molar-refractivity contribution in [1.82, 2.24) is 29.7 Å². The van der Waals surface area contributed by atoms with Gasteiger partial charge in [-0.1, -0.05) is 23.4 Å². The number of hydrogen-bond donors (Lipinski definition) is 0. The van der Waals surface area contributed by atoms with Crippen LogP contribution in [-0.4, -0.2) is 48.2 Å². The number of para-hydroxylation sites is 1. The fourth-order valence-electron chi connectivity index (χ4n) is 3.13. The summed E-state index contributed by atoms with van der Waals surface area (Å²) < 4.78 is 3.50. The molecule has 4 rings (SSSR count). The van der Waals surface area contributed by atoms with Gasteiger partial charge in [-0.15, -0.1) is 5.10 Å². The lowest BCUT2D eigenvalue weighted by molar-refractivity contribution is 0.0715. The molecule has 7 nitrogen and oxygen atoms in total. The minimum atomic E-state index is -0.0631. The summed E-state index contributed by atoms with van der Waals surface area (Å²) in [6.07, 6.45) is 7.36. The highest BCUT2D eigenvalue weighted by Crippen LogP contribution is 2.21. The maximum atomic E-state index is 12.8. The molecular weight excluding hydrogens is 304 g/mol. The van der Waals surface area contributed by atoms with Crippen LogP contribution in [0.5, 0.6) is 0 Å². The van der Waals surface area contributed by atoms with E-state index in [0.717, 1.165) is 25.1 Å². The van der Waals surface area contributed by atoms with Crippen LogP contribution in [0, 0.1) is 0 Å². The van der Waals surface area contributed by atoms with E-state index in [1.54, 1.807) is 17.1 Å². The summed E-state index contributed by atoms with van der Waals surface area (Å²) in [6, 6.07) is 11.7. The maximum Gasteiger partial charge on any atom is 0.276 e. The zero-order valence-corrected chi connectivity index (χ0v) is 13.2. The second-order valence-corrected chi connectivity index (χ2v) is 5.91. The summed E-state index contributed by atoms with van der Waals surface area (Å²) in [5.41, 5.74) is 1.27. The molecule has 24 heavy (non-hydrogen) atoms. The van der Waals surface area contributed by atoms with Crippen molar-refractivity contribution in [2.24, 2.45) is 0 Å². The molecule has 2 aromatic heterocycles. The molecular formula is C17H18N6O. The van der Waals surface area contributed by atoms with Crippen LogP contribution < -0.4 is 0 Å². The molecule has 1 fully saturated rings. The second-order valence-electron chi connectivity index (χ2n) is 5.91. The first kappa shape index (κ1) is 14.6. The zero-order valence-electron chi connectivity index (χ0n) is 13.2. The lowest BCUT2D eigenvalue weighted by Gasteiger charge is -2.23. The number of likely N-dealkylation sites (tertiary alicyclic amines) is 1. The average Bonchev–Trinajstić information content (AvgIpc) is 3.37. The zero-order chi connectivity index (χ0) is 16.4. The molecule has 1 aliphatic heterocycles. The third-order valence-electron chi connectivity index (χ3n) is 4.33. The van der Waals surface area contributed by atoms with E-state index in [1.807, 2.05) is 52.2 Å². The highest BCUT2D eigenvalue weighted by molar-refractivity contribution is 5.92. The van der Waals surface area contributed by atoms with E-state index >= 15 is 0 Å². The molecule has 3 aromatic rings. The predicted octanol–water partition coefficient (Wildman–Crippen LogP) is 1.77. The van der Waals surface area contributed by atoms with Crippen LogP contribution in [0.15, 0.2) is 55.0 Å². The van der Waals surface area contributed by atoms with Crippen molar-refractivity contribution in [2.75, 3.05) is 6.54 Å². The van der Waals surface area contributed by atoms with Crippen molar-refractivity contribution >= 4 is 5.91 Å². The van der Waals surface area contributed by atoms with Gasteiger partial charge in [0.2, 0.25) is 0 Å². The molecule has 0 N–H and O–H groups in total. The van der Waals surface area contributed by atoms with E-state index in [9.17, 15) is 4.79 Å². The quantitative estimate of drug-likeness (QED) is 0.734. The van der Waals surface area contributed by atoms with Gasteiger partial charge in [0.05, 0.1) is 24.5 Å². The van der Waals surface area contributed by atoms with Crippen molar-refractivity contribution in [3.63, 3.8) is 0 Å². The Morgan fingerprint density at radius 2 is 2.08 bits per heavy atom. The van der Waals surface area contributed by atoms with E-state index < -0.39 is 0 Å². The number of carbonyl (C=O) groups excluding carboxylic acids is 1. The molecule has 1 aliphatic rings. The fraction of sp³-hybridized carbons (Fsp3) is 0.294. The summed E-state index contributed by atoms with van der Waals surface area (Å²) in [7, 11) is 0. The molecule has 0 aliphatic carbocycles. The molecule has 3 heterocycles. The molecule has 1 saturated heterocycles. The Kier molecular flexibility index (Phi) is 3.82. The first-order valence-electron chi connectivity index (χ1n) is 8.07. The van der Waals surface area contributed by atoms with Crippen molar-refractivity contribution in [2.45, 2.75) is 25.4 Å². The number of carbonyl (C=O) groups is 1. The Balaban J connectivity index is 1.52. The predicted molar refractivity (Wildman–Crippen MR) is 87.6 cm³/mol. The van der Waals surface area contributed by atoms with Gasteiger partial charge in [-0.2, -0.15) is 5.10 Å². The standard InChI is InChI=1S/C17H18N6O/c24-17(16-13-23(20-19-16)14-6-2-1-3-7-14)22-11-4-8-15(22)12-21-10-5-9-18-21/h1-3,5-7,9-10,13,15H,4,8,11-12H2. The summed E-state index contributed by atoms with van der Waals surface area (Å²) in [5, 5.41) is 12.4. The molecule has 0 spiro atoms. The topological polar surface area (TPSA) is 68.8 Å². The third-order valence-corrected chi connectivity index (χ3v) is 4.33. The number of benzene rings is 1. The average molecular weight is 322 g/mol. The molecule has 7 heteroatoms. The number of hydrogen-bond acceptors (Lipinski definition) is 4. The van der Waals surface area contributed by atoms with Crippen LogP contribution in [0.2, 0.25) is 0 Å². The lowest BCUT2D eigenvalue weighted by atomic mass is 10.2. The number of amides is 1. The Morgan fingerprint density at radius 3 is 2.88 bits per heavy atom. The third kappa shape index (κ3) is 2.80. The lowest BCUT2D eigenvalue weighted by Crippen LogP contribution is -2.38. The van der Waals surface area contributed by atoms with E-state index in [-0.39, 0.29) is 11.9 Å². The second kappa shape index (κ2) is 6.27. The largest absolute Gasteiger partial charge is 0.332 e. The number of aromatic nitrogens is 5. The van der Waals surface area contributed by atoms with Crippen LogP contribution in [0.1, 0.15) is 23.3 Å². The Labute approximate surface area is 139 Å². The van der Waals surface area contributed by atoms with E-state index in [2.05, 4.69) is 15.4 Å². The van der Waals surface area contributed by atoms with Crippen LogP contribution in [0.25, 0.3) is 5.69 Å². The van der Waals surface area contributed by atoms with Gasteiger partial charge in [0, 0.05) is 18.9 Å². The van der Waals surface area contributed by atoms with E-state index in [0.29, 0.717) is 12.2 Å². The van der Waals surface area contributed by atoms with Crippen molar-refractivity contribution in [3.05, 3.63) is 60.7 Å². The number of rotatable bonds is 4. The molecule has 0 radical (unpaired) electrons. The van der Waals surface area contributed by atoms with Gasteiger partial charge in [0.15, 0.2) is 5.69 Å². The van der Waals surface area contributed by atoms with E-state index in [4.69, 9.17) is 0 Å². The van der Waals surface area contributed by atoms with Crippen LogP contribution in [0.4, 0.5) is 0 Å². The van der Waals surface area contributed by atoms with Gasteiger partial charge in [-0.05, 0) is 31.0 Å². The number of nitrogens with zero attached hydrogens (tertiary/aromatic N) is 6. The van der Waals surface area contributed by atoms with Gasteiger partial charge in [-0.25, -0.2) is 4.68 Å². The smallest absolute Gasteiger partial charge is 0.276 e. The van der Waals surface area contributed by atoms with Crippen molar-refractivity contribution in [3.8, 4) is 5.69 Å².